The number of furan rings is 1. The van der Waals surface area contributed by atoms with Gasteiger partial charge in [0.25, 0.3) is 0 Å². The summed E-state index contributed by atoms with van der Waals surface area (Å²) in [4.78, 5) is 2.55. The van der Waals surface area contributed by atoms with E-state index in [1.807, 2.05) is 11.3 Å². The van der Waals surface area contributed by atoms with E-state index in [0.29, 0.717) is 0 Å². The second-order valence-electron chi connectivity index (χ2n) is 14.4. The average Bonchev–Trinajstić information content (AvgIpc) is 3.84. The number of anilines is 3. The fourth-order valence-electron chi connectivity index (χ4n) is 8.98. The molecule has 2 nitrogen and oxygen atoms in total. The number of thiophene rings is 1. The van der Waals surface area contributed by atoms with E-state index in [-0.39, 0.29) is 5.41 Å². The van der Waals surface area contributed by atoms with Crippen molar-refractivity contribution in [2.24, 2.45) is 0 Å². The SMILES string of the molecule is CC1(C)c2ccccc2-c2cccc(N(c3ccccc3-c3cccc4oc5c6ccccc6ccc5c34)c3cccc4c3sc3ccccc34)c21. The first-order chi connectivity index (χ1) is 25.6. The third-order valence-electron chi connectivity index (χ3n) is 11.2. The van der Waals surface area contributed by atoms with Gasteiger partial charge in [-0.2, -0.15) is 0 Å². The smallest absolute Gasteiger partial charge is 0.143 e. The molecule has 1 aliphatic rings. The molecule has 246 valence electrons. The van der Waals surface area contributed by atoms with Crippen LogP contribution < -0.4 is 4.90 Å². The van der Waals surface area contributed by atoms with Gasteiger partial charge in [-0.15, -0.1) is 11.3 Å². The molecule has 0 saturated heterocycles. The second-order valence-corrected chi connectivity index (χ2v) is 15.5. The summed E-state index contributed by atoms with van der Waals surface area (Å²) < 4.78 is 9.28. The first-order valence-electron chi connectivity index (χ1n) is 17.9. The molecule has 0 N–H and O–H groups in total. The molecule has 1 aliphatic carbocycles. The molecule has 8 aromatic carbocycles. The van der Waals surface area contributed by atoms with E-state index in [9.17, 15) is 0 Å². The number of hydrogen-bond donors (Lipinski definition) is 0. The highest BCUT2D eigenvalue weighted by atomic mass is 32.1. The summed E-state index contributed by atoms with van der Waals surface area (Å²) in [5.41, 5.74) is 12.8. The molecule has 52 heavy (non-hydrogen) atoms. The van der Waals surface area contributed by atoms with Crippen LogP contribution in [-0.4, -0.2) is 0 Å². The molecule has 0 saturated carbocycles. The third-order valence-corrected chi connectivity index (χ3v) is 12.5. The van der Waals surface area contributed by atoms with E-state index in [0.717, 1.165) is 44.1 Å². The highest BCUT2D eigenvalue weighted by Gasteiger charge is 2.39. The normalized spacial score (nSPS) is 13.3. The molecular weight excluding hydrogens is 651 g/mol. The summed E-state index contributed by atoms with van der Waals surface area (Å²) in [7, 11) is 0. The lowest BCUT2D eigenvalue weighted by Gasteiger charge is -2.33. The van der Waals surface area contributed by atoms with Gasteiger partial charge in [-0.05, 0) is 69.6 Å². The molecule has 0 amide bonds. The summed E-state index contributed by atoms with van der Waals surface area (Å²) in [5, 5.41) is 7.17. The summed E-state index contributed by atoms with van der Waals surface area (Å²) in [6.45, 7) is 4.77. The first kappa shape index (κ1) is 29.6. The minimum atomic E-state index is -0.203. The number of fused-ring (bicyclic) bond motifs is 11. The molecule has 0 spiro atoms. The Kier molecular flexibility index (Phi) is 6.21. The summed E-state index contributed by atoms with van der Waals surface area (Å²) >= 11 is 1.88. The number of benzene rings is 8. The number of para-hydroxylation sites is 1. The lowest BCUT2D eigenvalue weighted by atomic mass is 9.81. The second kappa shape index (κ2) is 10.9. The van der Waals surface area contributed by atoms with E-state index < -0.39 is 0 Å². The van der Waals surface area contributed by atoms with Crippen LogP contribution in [0, 0.1) is 0 Å². The molecule has 11 rings (SSSR count). The van der Waals surface area contributed by atoms with Crippen molar-refractivity contribution >= 4 is 81.3 Å². The predicted octanol–water partition coefficient (Wildman–Crippen LogP) is 14.6. The standard InChI is InChI=1S/C49H33NOS/c1-49(2)39-22-8-5-16-32(39)36-20-11-24-41(46(36)49)50(42-25-12-21-37-34-18-7-10-27-44(34)52-48(37)42)40-23-9-6-17-33(40)35-19-13-26-43-45(35)38-29-28-30-14-3-4-15-31(30)47(38)51-43/h3-29H,1-2H3. The zero-order valence-electron chi connectivity index (χ0n) is 28.9. The van der Waals surface area contributed by atoms with Crippen LogP contribution in [0.5, 0.6) is 0 Å². The lowest BCUT2D eigenvalue weighted by Crippen LogP contribution is -2.21. The van der Waals surface area contributed by atoms with Gasteiger partial charge in [0.15, 0.2) is 0 Å². The Morgan fingerprint density at radius 3 is 2.06 bits per heavy atom. The largest absolute Gasteiger partial charge is 0.455 e. The molecule has 0 atom stereocenters. The fraction of sp³-hybridized carbons (Fsp3) is 0.0612. The van der Waals surface area contributed by atoms with Crippen molar-refractivity contribution in [3.63, 3.8) is 0 Å². The maximum absolute atomic E-state index is 6.70. The van der Waals surface area contributed by atoms with Gasteiger partial charge in [0.05, 0.1) is 21.8 Å². The summed E-state index contributed by atoms with van der Waals surface area (Å²) in [6.07, 6.45) is 0. The van der Waals surface area contributed by atoms with Crippen LogP contribution in [0.25, 0.3) is 75.1 Å². The third kappa shape index (κ3) is 4.06. The maximum atomic E-state index is 6.70. The summed E-state index contributed by atoms with van der Waals surface area (Å²) in [5.74, 6) is 0. The van der Waals surface area contributed by atoms with Gasteiger partial charge in [0, 0.05) is 42.6 Å². The van der Waals surface area contributed by atoms with Gasteiger partial charge in [-0.3, -0.25) is 0 Å². The predicted molar refractivity (Wildman–Crippen MR) is 222 cm³/mol. The molecule has 0 fully saturated rings. The number of nitrogens with zero attached hydrogens (tertiary/aromatic N) is 1. The zero-order valence-corrected chi connectivity index (χ0v) is 29.7. The van der Waals surface area contributed by atoms with Crippen LogP contribution in [0.15, 0.2) is 168 Å². The van der Waals surface area contributed by atoms with E-state index in [2.05, 4.69) is 183 Å². The maximum Gasteiger partial charge on any atom is 0.143 e. The van der Waals surface area contributed by atoms with Crippen molar-refractivity contribution in [3.8, 4) is 22.3 Å². The Labute approximate surface area is 305 Å². The zero-order chi connectivity index (χ0) is 34.6. The molecule has 0 radical (unpaired) electrons. The Hall–Kier alpha value is -6.16. The van der Waals surface area contributed by atoms with Crippen LogP contribution in [0.1, 0.15) is 25.0 Å². The molecule has 2 aromatic heterocycles. The van der Waals surface area contributed by atoms with Crippen molar-refractivity contribution < 1.29 is 4.42 Å². The molecule has 10 aromatic rings. The fourth-order valence-corrected chi connectivity index (χ4v) is 10.2. The molecule has 0 aliphatic heterocycles. The van der Waals surface area contributed by atoms with Crippen LogP contribution in [-0.2, 0) is 5.41 Å². The summed E-state index contributed by atoms with van der Waals surface area (Å²) in [6, 6.07) is 59.8. The minimum absolute atomic E-state index is 0.203. The number of rotatable bonds is 4. The first-order valence-corrected chi connectivity index (χ1v) is 18.8. The molecule has 2 heterocycles. The Bertz CT molecular complexity index is 3070. The van der Waals surface area contributed by atoms with E-state index in [1.54, 1.807) is 0 Å². The molecule has 0 bridgehead atoms. The van der Waals surface area contributed by atoms with Gasteiger partial charge in [-0.1, -0.05) is 141 Å². The monoisotopic (exact) mass is 683 g/mol. The van der Waals surface area contributed by atoms with Crippen LogP contribution >= 0.6 is 11.3 Å². The van der Waals surface area contributed by atoms with Gasteiger partial charge in [0.2, 0.25) is 0 Å². The average molecular weight is 684 g/mol. The van der Waals surface area contributed by atoms with Crippen LogP contribution in [0.4, 0.5) is 17.1 Å². The molecule has 3 heteroatoms. The topological polar surface area (TPSA) is 16.4 Å². The van der Waals surface area contributed by atoms with Crippen molar-refractivity contribution in [3.05, 3.63) is 175 Å². The Balaban J connectivity index is 1.24. The molecular formula is C49H33NOS. The highest BCUT2D eigenvalue weighted by Crippen LogP contribution is 2.56. The van der Waals surface area contributed by atoms with Crippen LogP contribution in [0.2, 0.25) is 0 Å². The van der Waals surface area contributed by atoms with Crippen LogP contribution in [0.3, 0.4) is 0 Å². The van der Waals surface area contributed by atoms with Crippen molar-refractivity contribution in [2.75, 3.05) is 4.90 Å². The van der Waals surface area contributed by atoms with E-state index in [4.69, 9.17) is 4.42 Å². The van der Waals surface area contributed by atoms with Crippen molar-refractivity contribution in [2.45, 2.75) is 19.3 Å². The van der Waals surface area contributed by atoms with Gasteiger partial charge in [-0.25, -0.2) is 0 Å². The van der Waals surface area contributed by atoms with Gasteiger partial charge in [0.1, 0.15) is 11.2 Å². The van der Waals surface area contributed by atoms with E-state index >= 15 is 0 Å². The highest BCUT2D eigenvalue weighted by molar-refractivity contribution is 7.26. The molecule has 0 unspecified atom stereocenters. The minimum Gasteiger partial charge on any atom is -0.455 e. The van der Waals surface area contributed by atoms with Crippen molar-refractivity contribution in [1.29, 1.82) is 0 Å². The van der Waals surface area contributed by atoms with Gasteiger partial charge >= 0.3 is 0 Å². The Morgan fingerprint density at radius 2 is 1.13 bits per heavy atom. The number of hydrogen-bond acceptors (Lipinski definition) is 3. The van der Waals surface area contributed by atoms with Crippen molar-refractivity contribution in [1.82, 2.24) is 0 Å². The van der Waals surface area contributed by atoms with E-state index in [1.165, 1.54) is 59.2 Å². The Morgan fingerprint density at radius 1 is 0.481 bits per heavy atom. The lowest BCUT2D eigenvalue weighted by molar-refractivity contribution is 0.661. The van der Waals surface area contributed by atoms with Gasteiger partial charge < -0.3 is 9.32 Å². The quantitative estimate of drug-likeness (QED) is 0.184.